The molecule has 0 N–H and O–H groups in total. The Morgan fingerprint density at radius 2 is 1.86 bits per heavy atom. The van der Waals surface area contributed by atoms with E-state index in [1.807, 2.05) is 31.3 Å². The van der Waals surface area contributed by atoms with Crippen LogP contribution in [0, 0.1) is 11.6 Å². The van der Waals surface area contributed by atoms with E-state index in [0.717, 1.165) is 29.6 Å². The Morgan fingerprint density at radius 1 is 1.05 bits per heavy atom. The van der Waals surface area contributed by atoms with Gasteiger partial charge in [-0.15, -0.1) is 0 Å². The van der Waals surface area contributed by atoms with Crippen LogP contribution in [0.3, 0.4) is 0 Å². The van der Waals surface area contributed by atoms with Gasteiger partial charge in [-0.05, 0) is 29.8 Å². The van der Waals surface area contributed by atoms with E-state index in [-0.39, 0.29) is 0 Å². The van der Waals surface area contributed by atoms with E-state index in [1.54, 1.807) is 12.1 Å². The first-order valence-corrected chi connectivity index (χ1v) is 7.13. The van der Waals surface area contributed by atoms with Crippen molar-refractivity contribution in [3.63, 3.8) is 0 Å². The third kappa shape index (κ3) is 2.91. The molecular weight excluding hydrogens is 282 g/mol. The zero-order chi connectivity index (χ0) is 15.5. The van der Waals surface area contributed by atoms with Gasteiger partial charge < -0.3 is 4.90 Å². The molecule has 0 bridgehead atoms. The van der Waals surface area contributed by atoms with Gasteiger partial charge in [0.15, 0.2) is 11.6 Å². The van der Waals surface area contributed by atoms with Crippen molar-refractivity contribution in [1.82, 2.24) is 0 Å². The topological polar surface area (TPSA) is 15.6 Å². The van der Waals surface area contributed by atoms with Crippen LogP contribution in [0.25, 0.3) is 6.08 Å². The maximum absolute atomic E-state index is 13.3. The Kier molecular flexibility index (Phi) is 4.00. The van der Waals surface area contributed by atoms with Gasteiger partial charge in [-0.3, -0.25) is 4.99 Å². The van der Waals surface area contributed by atoms with E-state index in [9.17, 15) is 8.78 Å². The zero-order valence-corrected chi connectivity index (χ0v) is 12.3. The Bertz CT molecular complexity index is 751. The largest absolute Gasteiger partial charge is 0.372 e. The molecule has 0 saturated carbocycles. The first-order chi connectivity index (χ1) is 10.6. The molecule has 0 spiro atoms. The Hall–Kier alpha value is -2.49. The predicted molar refractivity (Wildman–Crippen MR) is 86.5 cm³/mol. The molecule has 0 aromatic heterocycles. The van der Waals surface area contributed by atoms with Gasteiger partial charge in [-0.1, -0.05) is 30.3 Å². The van der Waals surface area contributed by atoms with E-state index >= 15 is 0 Å². The summed E-state index contributed by atoms with van der Waals surface area (Å²) < 4.78 is 26.2. The number of benzodiazepines with no additional fused rings is 1. The van der Waals surface area contributed by atoms with Crippen molar-refractivity contribution in [3.05, 3.63) is 71.3 Å². The van der Waals surface area contributed by atoms with Crippen LogP contribution in [-0.2, 0) is 0 Å². The number of likely N-dealkylation sites (N-methyl/N-ethyl adjacent to an activating group) is 1. The number of para-hydroxylation sites is 1. The van der Waals surface area contributed by atoms with E-state index in [4.69, 9.17) is 0 Å². The fraction of sp³-hybridized carbons (Fsp3) is 0.167. The third-order valence-corrected chi connectivity index (χ3v) is 3.69. The van der Waals surface area contributed by atoms with Gasteiger partial charge in [0.1, 0.15) is 0 Å². The Balaban J connectivity index is 1.94. The first kappa shape index (κ1) is 14.4. The number of rotatable bonds is 2. The summed E-state index contributed by atoms with van der Waals surface area (Å²) in [7, 11) is 2.04. The number of aliphatic imine (C=N–C) groups is 1. The monoisotopic (exact) mass is 298 g/mol. The molecule has 0 amide bonds. The van der Waals surface area contributed by atoms with E-state index in [0.29, 0.717) is 12.1 Å². The van der Waals surface area contributed by atoms with Crippen molar-refractivity contribution in [2.24, 2.45) is 4.99 Å². The summed E-state index contributed by atoms with van der Waals surface area (Å²) in [5, 5.41) is 0. The third-order valence-electron chi connectivity index (χ3n) is 3.69. The lowest BCUT2D eigenvalue weighted by Crippen LogP contribution is -2.20. The molecule has 1 aliphatic rings. The molecule has 3 rings (SSSR count). The van der Waals surface area contributed by atoms with E-state index in [1.165, 1.54) is 6.07 Å². The van der Waals surface area contributed by atoms with Crippen LogP contribution in [-0.4, -0.2) is 25.8 Å². The van der Waals surface area contributed by atoms with Gasteiger partial charge >= 0.3 is 0 Å². The van der Waals surface area contributed by atoms with Gasteiger partial charge in [0.25, 0.3) is 0 Å². The zero-order valence-electron chi connectivity index (χ0n) is 12.3. The Morgan fingerprint density at radius 3 is 2.68 bits per heavy atom. The molecule has 4 heteroatoms. The van der Waals surface area contributed by atoms with Crippen LogP contribution in [0.2, 0.25) is 0 Å². The van der Waals surface area contributed by atoms with Gasteiger partial charge in [0.2, 0.25) is 0 Å². The molecule has 0 aliphatic carbocycles. The average molecular weight is 298 g/mol. The second kappa shape index (κ2) is 6.10. The Labute approximate surface area is 128 Å². The van der Waals surface area contributed by atoms with Crippen molar-refractivity contribution >= 4 is 17.5 Å². The smallest absolute Gasteiger partial charge is 0.159 e. The number of nitrogens with zero attached hydrogens (tertiary/aromatic N) is 2. The molecule has 22 heavy (non-hydrogen) atoms. The van der Waals surface area contributed by atoms with Crippen LogP contribution in [0.5, 0.6) is 0 Å². The standard InChI is InChI=1S/C18H16F2N2/c1-22-11-10-21-17(14-4-2-3-5-18(14)22)9-7-13-6-8-15(19)16(20)12-13/h2-9,12H,10-11H2,1H3. The summed E-state index contributed by atoms with van der Waals surface area (Å²) in [6.07, 6.45) is 3.61. The quantitative estimate of drug-likeness (QED) is 0.820. The molecule has 1 heterocycles. The second-order valence-corrected chi connectivity index (χ2v) is 5.21. The number of anilines is 1. The lowest BCUT2D eigenvalue weighted by atomic mass is 10.1. The predicted octanol–water partition coefficient (Wildman–Crippen LogP) is 3.92. The molecule has 0 fully saturated rings. The lowest BCUT2D eigenvalue weighted by Gasteiger charge is -2.18. The maximum Gasteiger partial charge on any atom is 0.159 e. The molecule has 0 radical (unpaired) electrons. The van der Waals surface area contributed by atoms with Crippen LogP contribution < -0.4 is 4.90 Å². The minimum atomic E-state index is -0.843. The summed E-state index contributed by atoms with van der Waals surface area (Å²) in [6.45, 7) is 1.54. The summed E-state index contributed by atoms with van der Waals surface area (Å²) in [6, 6.07) is 11.9. The summed E-state index contributed by atoms with van der Waals surface area (Å²) >= 11 is 0. The van der Waals surface area contributed by atoms with Crippen molar-refractivity contribution < 1.29 is 8.78 Å². The maximum atomic E-state index is 13.3. The van der Waals surface area contributed by atoms with Crippen molar-refractivity contribution in [3.8, 4) is 0 Å². The molecule has 0 unspecified atom stereocenters. The molecule has 0 saturated heterocycles. The summed E-state index contributed by atoms with van der Waals surface area (Å²) in [4.78, 5) is 6.75. The van der Waals surface area contributed by atoms with Crippen LogP contribution in [0.15, 0.2) is 53.5 Å². The molecule has 2 nitrogen and oxygen atoms in total. The first-order valence-electron chi connectivity index (χ1n) is 7.13. The van der Waals surface area contributed by atoms with Crippen LogP contribution >= 0.6 is 0 Å². The van der Waals surface area contributed by atoms with E-state index < -0.39 is 11.6 Å². The number of fused-ring (bicyclic) bond motifs is 1. The van der Waals surface area contributed by atoms with Gasteiger partial charge in [0.05, 0.1) is 12.3 Å². The summed E-state index contributed by atoms with van der Waals surface area (Å²) in [5.74, 6) is -1.68. The SMILES string of the molecule is CN1CCN=C(C=Cc2ccc(F)c(F)c2)c2ccccc21. The number of halogens is 2. The van der Waals surface area contributed by atoms with Crippen LogP contribution in [0.1, 0.15) is 11.1 Å². The molecule has 112 valence electrons. The van der Waals surface area contributed by atoms with Crippen molar-refractivity contribution in [1.29, 1.82) is 0 Å². The van der Waals surface area contributed by atoms with Crippen molar-refractivity contribution in [2.75, 3.05) is 25.0 Å². The second-order valence-electron chi connectivity index (χ2n) is 5.21. The minimum Gasteiger partial charge on any atom is -0.372 e. The lowest BCUT2D eigenvalue weighted by molar-refractivity contribution is 0.508. The van der Waals surface area contributed by atoms with Gasteiger partial charge in [-0.2, -0.15) is 0 Å². The highest BCUT2D eigenvalue weighted by atomic mass is 19.2. The van der Waals surface area contributed by atoms with Crippen molar-refractivity contribution in [2.45, 2.75) is 0 Å². The van der Waals surface area contributed by atoms with Crippen LogP contribution in [0.4, 0.5) is 14.5 Å². The fourth-order valence-electron chi connectivity index (χ4n) is 2.48. The van der Waals surface area contributed by atoms with Gasteiger partial charge in [0, 0.05) is 24.8 Å². The fourth-order valence-corrected chi connectivity index (χ4v) is 2.48. The molecule has 2 aromatic carbocycles. The molecule has 0 atom stereocenters. The minimum absolute atomic E-state index is 0.608. The number of allylic oxidation sites excluding steroid dienone is 1. The molecular formula is C18H16F2N2. The number of benzene rings is 2. The molecule has 1 aliphatic heterocycles. The van der Waals surface area contributed by atoms with Gasteiger partial charge in [-0.25, -0.2) is 8.78 Å². The number of hydrogen-bond donors (Lipinski definition) is 0. The highest BCUT2D eigenvalue weighted by Gasteiger charge is 2.13. The normalized spacial score (nSPS) is 14.7. The number of hydrogen-bond acceptors (Lipinski definition) is 2. The summed E-state index contributed by atoms with van der Waals surface area (Å²) in [5.41, 5.74) is 3.62. The highest BCUT2D eigenvalue weighted by Crippen LogP contribution is 2.23. The highest BCUT2D eigenvalue weighted by molar-refractivity contribution is 6.14. The van der Waals surface area contributed by atoms with E-state index in [2.05, 4.69) is 16.0 Å². The molecule has 2 aromatic rings. The average Bonchev–Trinajstić information content (AvgIpc) is 2.68.